The summed E-state index contributed by atoms with van der Waals surface area (Å²) in [6, 6.07) is 9.58. The molecule has 1 aliphatic rings. The average Bonchev–Trinajstić information content (AvgIpc) is 2.74. The van der Waals surface area contributed by atoms with Crippen LogP contribution in [0.1, 0.15) is 54.1 Å². The third-order valence-corrected chi connectivity index (χ3v) is 4.35. The number of hydrogen-bond acceptors (Lipinski definition) is 6. The van der Waals surface area contributed by atoms with Gasteiger partial charge in [-0.2, -0.15) is 0 Å². The molecule has 0 unspecified atom stereocenters. The van der Waals surface area contributed by atoms with Crippen molar-refractivity contribution in [2.24, 2.45) is 5.92 Å². The molecule has 2 heterocycles. The lowest BCUT2D eigenvalue weighted by Gasteiger charge is -2.18. The zero-order chi connectivity index (χ0) is 23.2. The minimum Gasteiger partial charge on any atom is -0.371 e. The number of aliphatic hydroxyl groups is 2. The van der Waals surface area contributed by atoms with Gasteiger partial charge >= 0.3 is 0 Å². The maximum Gasteiger partial charge on any atom is 0.222 e. The fraction of sp³-hybridized carbons (Fsp3) is 0.417. The van der Waals surface area contributed by atoms with Crippen LogP contribution in [0, 0.1) is 25.0 Å². The first-order chi connectivity index (χ1) is 14.9. The minimum absolute atomic E-state index is 0. The molecule has 3 aromatic rings. The van der Waals surface area contributed by atoms with E-state index in [4.69, 9.17) is 10.2 Å². The highest BCUT2D eigenvalue weighted by molar-refractivity contribution is 5.97. The number of rotatable bonds is 2. The normalized spacial score (nSPS) is 11.8. The standard InChI is InChI=1S/C16H12N4O.C5H10.C2H6.CH4O2.H2/c1-10-7-17-9-15(19-10)13-5-3-4-12-8-18-16(6-14(12)13)20-11(2)21;1-5-3-2-4-5;1-2;2-1-3;/h5-9H,1-2H3,(H,18,20,21);5H,2-4H2,1H3;1-2H3;2-3H,1H2;1H. The third kappa shape index (κ3) is 8.67. The second-order valence-corrected chi connectivity index (χ2v) is 6.85. The first kappa shape index (κ1) is 26.0. The lowest BCUT2D eigenvalue weighted by molar-refractivity contribution is -0.114. The third-order valence-electron chi connectivity index (χ3n) is 4.35. The Morgan fingerprint density at radius 2 is 1.90 bits per heavy atom. The van der Waals surface area contributed by atoms with Gasteiger partial charge in [0, 0.05) is 31.7 Å². The molecule has 0 aliphatic heterocycles. The molecule has 0 spiro atoms. The Morgan fingerprint density at radius 3 is 2.42 bits per heavy atom. The van der Waals surface area contributed by atoms with Crippen LogP contribution in [0.3, 0.4) is 0 Å². The van der Waals surface area contributed by atoms with Gasteiger partial charge in [-0.05, 0) is 25.0 Å². The number of nitrogens with zero attached hydrogens (tertiary/aromatic N) is 3. The van der Waals surface area contributed by atoms with Crippen molar-refractivity contribution in [2.45, 2.75) is 53.9 Å². The van der Waals surface area contributed by atoms with Crippen molar-refractivity contribution in [1.29, 1.82) is 0 Å². The Kier molecular flexibility index (Phi) is 11.7. The van der Waals surface area contributed by atoms with Crippen molar-refractivity contribution in [3.05, 3.63) is 48.5 Å². The van der Waals surface area contributed by atoms with Crippen molar-refractivity contribution in [3.63, 3.8) is 0 Å². The highest BCUT2D eigenvalue weighted by Crippen LogP contribution is 2.26. The molecule has 1 aromatic carbocycles. The molecule has 1 fully saturated rings. The monoisotopic (exact) mass is 426 g/mol. The van der Waals surface area contributed by atoms with Crippen molar-refractivity contribution in [2.75, 3.05) is 12.1 Å². The van der Waals surface area contributed by atoms with E-state index in [1.807, 2.05) is 26.8 Å². The van der Waals surface area contributed by atoms with Crippen molar-refractivity contribution >= 4 is 22.5 Å². The predicted molar refractivity (Wildman–Crippen MR) is 125 cm³/mol. The number of carbonyl (C=O) groups excluding carboxylic acids is 1. The summed E-state index contributed by atoms with van der Waals surface area (Å²) < 4.78 is 0. The Labute approximate surface area is 186 Å². The first-order valence-electron chi connectivity index (χ1n) is 10.4. The smallest absolute Gasteiger partial charge is 0.222 e. The van der Waals surface area contributed by atoms with E-state index in [2.05, 4.69) is 39.3 Å². The molecule has 0 saturated heterocycles. The minimum atomic E-state index is -0.750. The van der Waals surface area contributed by atoms with Crippen LogP contribution in [0.4, 0.5) is 5.82 Å². The highest BCUT2D eigenvalue weighted by atomic mass is 16.5. The van der Waals surface area contributed by atoms with Crippen molar-refractivity contribution in [1.82, 2.24) is 15.0 Å². The van der Waals surface area contributed by atoms with Crippen LogP contribution >= 0.6 is 0 Å². The van der Waals surface area contributed by atoms with E-state index in [-0.39, 0.29) is 7.33 Å². The zero-order valence-electron chi connectivity index (χ0n) is 18.9. The second kappa shape index (κ2) is 14.0. The lowest BCUT2D eigenvalue weighted by Crippen LogP contribution is -2.07. The van der Waals surface area contributed by atoms with Gasteiger partial charge in [0.15, 0.2) is 0 Å². The van der Waals surface area contributed by atoms with Gasteiger partial charge in [-0.3, -0.25) is 9.78 Å². The number of aliphatic hydroxyl groups excluding tert-OH is 1. The van der Waals surface area contributed by atoms with Gasteiger partial charge in [0.05, 0.1) is 23.0 Å². The van der Waals surface area contributed by atoms with E-state index < -0.39 is 6.79 Å². The van der Waals surface area contributed by atoms with Gasteiger partial charge in [-0.15, -0.1) is 0 Å². The summed E-state index contributed by atoms with van der Waals surface area (Å²) in [6.07, 6.45) is 9.52. The molecule has 31 heavy (non-hydrogen) atoms. The highest BCUT2D eigenvalue weighted by Gasteiger charge is 2.09. The summed E-state index contributed by atoms with van der Waals surface area (Å²) in [5, 5.41) is 18.6. The van der Waals surface area contributed by atoms with Crippen LogP contribution in [0.5, 0.6) is 0 Å². The Bertz CT molecular complexity index is 949. The molecule has 7 heteroatoms. The van der Waals surface area contributed by atoms with Crippen molar-refractivity contribution in [3.8, 4) is 11.3 Å². The fourth-order valence-corrected chi connectivity index (χ4v) is 2.71. The van der Waals surface area contributed by atoms with Crippen molar-refractivity contribution < 1.29 is 16.4 Å². The maximum absolute atomic E-state index is 11.2. The largest absolute Gasteiger partial charge is 0.371 e. The summed E-state index contributed by atoms with van der Waals surface area (Å²) in [7, 11) is 0. The Balaban J connectivity index is 0.000000737. The molecule has 168 valence electrons. The molecule has 2 aromatic heterocycles. The van der Waals surface area contributed by atoms with Crippen LogP contribution in [0.15, 0.2) is 30.7 Å². The number of carbonyl (C=O) groups is 1. The summed E-state index contributed by atoms with van der Waals surface area (Å²) in [4.78, 5) is 24.0. The lowest BCUT2D eigenvalue weighted by atomic mass is 9.88. The summed E-state index contributed by atoms with van der Waals surface area (Å²) in [5.74, 6) is 1.40. The molecule has 0 atom stereocenters. The number of fused-ring (bicyclic) bond motifs is 1. The number of aryl methyl sites for hydroxylation is 1. The summed E-state index contributed by atoms with van der Waals surface area (Å²) in [6.45, 7) is 8.90. The average molecular weight is 427 g/mol. The molecule has 0 radical (unpaired) electrons. The molecule has 1 aliphatic carbocycles. The van der Waals surface area contributed by atoms with E-state index in [0.717, 1.165) is 33.6 Å². The van der Waals surface area contributed by atoms with Gasteiger partial charge in [0.25, 0.3) is 0 Å². The molecule has 3 N–H and O–H groups in total. The van der Waals surface area contributed by atoms with Crippen LogP contribution in [0.25, 0.3) is 22.0 Å². The molecule has 4 rings (SSSR count). The van der Waals surface area contributed by atoms with Crippen LogP contribution in [-0.4, -0.2) is 37.9 Å². The topological polar surface area (TPSA) is 108 Å². The predicted octanol–water partition coefficient (Wildman–Crippen LogP) is 4.57. The number of amides is 1. The maximum atomic E-state index is 11.2. The summed E-state index contributed by atoms with van der Waals surface area (Å²) >= 11 is 0. The zero-order valence-corrected chi connectivity index (χ0v) is 18.9. The number of nitrogens with one attached hydrogen (secondary N) is 1. The summed E-state index contributed by atoms with van der Waals surface area (Å²) in [5.41, 5.74) is 2.48. The van der Waals surface area contributed by atoms with Gasteiger partial charge in [-0.25, -0.2) is 9.97 Å². The number of hydrogen-bond donors (Lipinski definition) is 3. The van der Waals surface area contributed by atoms with E-state index in [9.17, 15) is 4.79 Å². The quantitative estimate of drug-likeness (QED) is 0.518. The first-order valence-corrected chi connectivity index (χ1v) is 10.4. The fourth-order valence-electron chi connectivity index (χ4n) is 2.71. The molecule has 7 nitrogen and oxygen atoms in total. The Morgan fingerprint density at radius 1 is 1.26 bits per heavy atom. The van der Waals surface area contributed by atoms with E-state index in [1.165, 1.54) is 26.2 Å². The number of aromatic nitrogens is 3. The van der Waals surface area contributed by atoms with Gasteiger partial charge < -0.3 is 15.5 Å². The number of anilines is 1. The second-order valence-electron chi connectivity index (χ2n) is 6.85. The van der Waals surface area contributed by atoms with Gasteiger partial charge in [-0.1, -0.05) is 52.2 Å². The molecular formula is C24H34N4O3. The van der Waals surface area contributed by atoms with Gasteiger partial charge in [0.2, 0.25) is 5.91 Å². The van der Waals surface area contributed by atoms with Gasteiger partial charge in [0.1, 0.15) is 12.6 Å². The van der Waals surface area contributed by atoms with E-state index >= 15 is 0 Å². The van der Waals surface area contributed by atoms with E-state index in [1.54, 1.807) is 24.7 Å². The SMILES string of the molecule is CC.CC(=O)Nc1cc2c(-c3cncc(C)n3)cc#cc2cn1.CC1CCC1.OCO.[HH]. The van der Waals surface area contributed by atoms with Crippen LogP contribution < -0.4 is 5.32 Å². The van der Waals surface area contributed by atoms with Crippen LogP contribution in [-0.2, 0) is 4.79 Å². The molecule has 1 amide bonds. The Hall–Kier alpha value is -3.08. The number of pyridine rings is 1. The molecule has 1 saturated carbocycles. The van der Waals surface area contributed by atoms with E-state index in [0.29, 0.717) is 5.82 Å². The van der Waals surface area contributed by atoms with Crippen LogP contribution in [0.2, 0.25) is 0 Å². The molecule has 0 bridgehead atoms. The molecular weight excluding hydrogens is 392 g/mol.